The van der Waals surface area contributed by atoms with E-state index in [1.807, 2.05) is 36.4 Å². The molecule has 0 amide bonds. The van der Waals surface area contributed by atoms with Gasteiger partial charge in [-0.15, -0.1) is 0 Å². The first kappa shape index (κ1) is 23.1. The summed E-state index contributed by atoms with van der Waals surface area (Å²) in [6, 6.07) is 20.6. The van der Waals surface area contributed by atoms with Crippen molar-refractivity contribution in [2.75, 3.05) is 13.2 Å². The molecule has 32 heavy (non-hydrogen) atoms. The van der Waals surface area contributed by atoms with Gasteiger partial charge in [-0.25, -0.2) is 4.79 Å². The first-order chi connectivity index (χ1) is 15.2. The second-order valence-electron chi connectivity index (χ2n) is 9.46. The van der Waals surface area contributed by atoms with Gasteiger partial charge in [-0.2, -0.15) is 0 Å². The van der Waals surface area contributed by atoms with E-state index in [9.17, 15) is 9.90 Å². The van der Waals surface area contributed by atoms with Crippen molar-refractivity contribution in [3.8, 4) is 0 Å². The molecule has 2 fully saturated rings. The van der Waals surface area contributed by atoms with Crippen LogP contribution in [0.5, 0.6) is 0 Å². The van der Waals surface area contributed by atoms with E-state index in [0.29, 0.717) is 0 Å². The highest BCUT2D eigenvalue weighted by Crippen LogP contribution is 2.44. The monoisotopic (exact) mass is 456 g/mol. The molecule has 0 aromatic heterocycles. The number of aliphatic hydroxyl groups is 1. The standard InChI is InChI=1S/C25H32O6Si/c1-5-28-23(27)25-16-20(26)22(31-25)21(30-25)17-29-32(24(2,3)4,18-12-8-6-9-13-18)19-14-10-7-11-15-19/h6-15,20-22,26H,5,16-17H2,1-4H3. The minimum atomic E-state index is -2.77. The van der Waals surface area contributed by atoms with Crippen LogP contribution in [0, 0.1) is 0 Å². The Morgan fingerprint density at radius 3 is 2.12 bits per heavy atom. The maximum Gasteiger partial charge on any atom is 0.366 e. The zero-order chi connectivity index (χ0) is 23.0. The van der Waals surface area contributed by atoms with Gasteiger partial charge in [-0.05, 0) is 22.3 Å². The van der Waals surface area contributed by atoms with Gasteiger partial charge in [0.1, 0.15) is 12.2 Å². The SMILES string of the molecule is CCOC(=O)C12CC(O)C(O1)C(CO[Si](c1ccccc1)(c1ccccc1)C(C)(C)C)O2. The van der Waals surface area contributed by atoms with E-state index in [-0.39, 0.29) is 24.7 Å². The van der Waals surface area contributed by atoms with Gasteiger partial charge >= 0.3 is 5.97 Å². The minimum absolute atomic E-state index is 0.0756. The molecule has 2 heterocycles. The number of carbonyl (C=O) groups is 1. The van der Waals surface area contributed by atoms with E-state index in [1.165, 1.54) is 0 Å². The molecule has 0 spiro atoms. The van der Waals surface area contributed by atoms with Crippen molar-refractivity contribution in [2.24, 2.45) is 0 Å². The molecule has 4 atom stereocenters. The molecule has 4 rings (SSSR count). The van der Waals surface area contributed by atoms with E-state index >= 15 is 0 Å². The molecular weight excluding hydrogens is 424 g/mol. The average Bonchev–Trinajstić information content (AvgIpc) is 3.31. The third kappa shape index (κ3) is 3.82. The summed E-state index contributed by atoms with van der Waals surface area (Å²) in [6.45, 7) is 8.76. The van der Waals surface area contributed by atoms with Crippen LogP contribution in [0.4, 0.5) is 0 Å². The molecule has 2 aliphatic heterocycles. The second-order valence-corrected chi connectivity index (χ2v) is 13.8. The molecule has 172 valence electrons. The van der Waals surface area contributed by atoms with Gasteiger partial charge in [0.25, 0.3) is 14.1 Å². The Labute approximate surface area is 190 Å². The quantitative estimate of drug-likeness (QED) is 0.509. The van der Waals surface area contributed by atoms with Gasteiger partial charge in [0.2, 0.25) is 0 Å². The van der Waals surface area contributed by atoms with Crippen molar-refractivity contribution in [2.45, 2.75) is 63.3 Å². The smallest absolute Gasteiger partial charge is 0.366 e. The Bertz CT molecular complexity index is 889. The van der Waals surface area contributed by atoms with Crippen LogP contribution in [0.3, 0.4) is 0 Å². The lowest BCUT2D eigenvalue weighted by Crippen LogP contribution is -2.67. The summed E-state index contributed by atoms with van der Waals surface area (Å²) >= 11 is 0. The van der Waals surface area contributed by atoms with E-state index in [2.05, 4.69) is 45.0 Å². The van der Waals surface area contributed by atoms with Crippen molar-refractivity contribution in [1.82, 2.24) is 0 Å². The fourth-order valence-corrected chi connectivity index (χ4v) is 9.54. The number of rotatable bonds is 7. The largest absolute Gasteiger partial charge is 0.462 e. The average molecular weight is 457 g/mol. The van der Waals surface area contributed by atoms with Gasteiger partial charge < -0.3 is 23.7 Å². The van der Waals surface area contributed by atoms with E-state index in [4.69, 9.17) is 18.6 Å². The van der Waals surface area contributed by atoms with Crippen molar-refractivity contribution < 1.29 is 28.5 Å². The number of hydrogen-bond donors (Lipinski definition) is 1. The van der Waals surface area contributed by atoms with Crippen molar-refractivity contribution in [3.63, 3.8) is 0 Å². The van der Waals surface area contributed by atoms with E-state index < -0.39 is 38.4 Å². The van der Waals surface area contributed by atoms with Crippen molar-refractivity contribution >= 4 is 24.7 Å². The normalized spacial score (nSPS) is 27.5. The highest BCUT2D eigenvalue weighted by atomic mass is 28.4. The van der Waals surface area contributed by atoms with Gasteiger partial charge in [-0.1, -0.05) is 81.4 Å². The molecule has 4 unspecified atom stereocenters. The molecule has 2 saturated heterocycles. The van der Waals surface area contributed by atoms with Crippen LogP contribution in [-0.4, -0.2) is 56.7 Å². The highest BCUT2D eigenvalue weighted by Gasteiger charge is 2.64. The molecule has 2 bridgehead atoms. The summed E-state index contributed by atoms with van der Waals surface area (Å²) < 4.78 is 24.0. The van der Waals surface area contributed by atoms with E-state index in [0.717, 1.165) is 10.4 Å². The molecule has 6 nitrogen and oxygen atoms in total. The first-order valence-electron chi connectivity index (χ1n) is 11.2. The lowest BCUT2D eigenvalue weighted by molar-refractivity contribution is -0.209. The molecule has 2 aliphatic rings. The van der Waals surface area contributed by atoms with Crippen LogP contribution >= 0.6 is 0 Å². The molecular formula is C25H32O6Si. The van der Waals surface area contributed by atoms with Crippen LogP contribution < -0.4 is 10.4 Å². The predicted molar refractivity (Wildman–Crippen MR) is 123 cm³/mol. The second kappa shape index (κ2) is 8.72. The lowest BCUT2D eigenvalue weighted by atomic mass is 10.0. The van der Waals surface area contributed by atoms with Gasteiger partial charge in [-0.3, -0.25) is 0 Å². The summed E-state index contributed by atoms with van der Waals surface area (Å²) in [5.74, 6) is -2.13. The molecule has 1 N–H and O–H groups in total. The van der Waals surface area contributed by atoms with Gasteiger partial charge in [0.05, 0.1) is 19.3 Å². The van der Waals surface area contributed by atoms with Crippen molar-refractivity contribution in [3.05, 3.63) is 60.7 Å². The Morgan fingerprint density at radius 1 is 1.06 bits per heavy atom. The van der Waals surface area contributed by atoms with Crippen LogP contribution in [-0.2, 0) is 23.4 Å². The zero-order valence-electron chi connectivity index (χ0n) is 19.1. The third-order valence-electron chi connectivity index (χ3n) is 6.36. The van der Waals surface area contributed by atoms with Crippen LogP contribution in [0.25, 0.3) is 0 Å². The maximum absolute atomic E-state index is 12.5. The number of aliphatic hydroxyl groups excluding tert-OH is 1. The highest BCUT2D eigenvalue weighted by molar-refractivity contribution is 6.99. The molecule has 0 aliphatic carbocycles. The van der Waals surface area contributed by atoms with Gasteiger partial charge in [0.15, 0.2) is 0 Å². The number of hydrogen-bond acceptors (Lipinski definition) is 6. The van der Waals surface area contributed by atoms with Crippen LogP contribution in [0.2, 0.25) is 5.04 Å². The number of benzene rings is 2. The molecule has 0 radical (unpaired) electrons. The van der Waals surface area contributed by atoms with Gasteiger partial charge in [0, 0.05) is 6.42 Å². The first-order valence-corrected chi connectivity index (χ1v) is 13.1. The fourth-order valence-electron chi connectivity index (χ4n) is 4.97. The maximum atomic E-state index is 12.5. The summed E-state index contributed by atoms with van der Waals surface area (Å²) in [7, 11) is -2.77. The predicted octanol–water partition coefficient (Wildman–Crippen LogP) is 2.37. The Hall–Kier alpha value is -2.03. The van der Waals surface area contributed by atoms with Crippen molar-refractivity contribution in [1.29, 1.82) is 0 Å². The summed E-state index contributed by atoms with van der Waals surface area (Å²) in [6.07, 6.45) is -1.92. The topological polar surface area (TPSA) is 74.2 Å². The zero-order valence-corrected chi connectivity index (χ0v) is 20.1. The Kier molecular flexibility index (Phi) is 6.31. The number of esters is 1. The number of fused-ring (bicyclic) bond motifs is 2. The molecule has 7 heteroatoms. The summed E-state index contributed by atoms with van der Waals surface area (Å²) in [5.41, 5.74) is 0. The number of carbonyl (C=O) groups excluding carboxylic acids is 1. The lowest BCUT2D eigenvalue weighted by Gasteiger charge is -2.44. The summed E-state index contributed by atoms with van der Waals surface area (Å²) in [5, 5.41) is 12.7. The Morgan fingerprint density at radius 2 is 1.62 bits per heavy atom. The van der Waals surface area contributed by atoms with Crippen LogP contribution in [0.15, 0.2) is 60.7 Å². The molecule has 0 saturated carbocycles. The summed E-state index contributed by atoms with van der Waals surface area (Å²) in [4.78, 5) is 12.5. The molecule has 2 aromatic rings. The van der Waals surface area contributed by atoms with E-state index in [1.54, 1.807) is 6.92 Å². The Balaban J connectivity index is 1.67. The third-order valence-corrected chi connectivity index (χ3v) is 11.4. The fraction of sp³-hybridized carbons (Fsp3) is 0.480. The minimum Gasteiger partial charge on any atom is -0.462 e. The molecule has 2 aromatic carbocycles. The number of ether oxygens (including phenoxy) is 3. The van der Waals surface area contributed by atoms with Crippen LogP contribution in [0.1, 0.15) is 34.1 Å².